The molecule has 6 heteroatoms. The molecule has 20 heavy (non-hydrogen) atoms. The topological polar surface area (TPSA) is 57.6 Å². The van der Waals surface area contributed by atoms with E-state index in [9.17, 15) is 8.42 Å². The van der Waals surface area contributed by atoms with E-state index in [2.05, 4.69) is 0 Å². The second-order valence-corrected chi connectivity index (χ2v) is 7.77. The molecule has 1 N–H and O–H groups in total. The second kappa shape index (κ2) is 6.89. The molecule has 1 aromatic carbocycles. The zero-order chi connectivity index (χ0) is 15.5. The molecule has 1 rings (SSSR count). The van der Waals surface area contributed by atoms with Crippen molar-refractivity contribution in [2.45, 2.75) is 45.2 Å². The van der Waals surface area contributed by atoms with Crippen LogP contribution in [0.3, 0.4) is 0 Å². The fourth-order valence-electron chi connectivity index (χ4n) is 1.90. The van der Waals surface area contributed by atoms with Crippen molar-refractivity contribution >= 4 is 21.6 Å². The maximum atomic E-state index is 12.7. The summed E-state index contributed by atoms with van der Waals surface area (Å²) in [4.78, 5) is 0.161. The van der Waals surface area contributed by atoms with Crippen molar-refractivity contribution in [1.82, 2.24) is 4.31 Å². The van der Waals surface area contributed by atoms with Crippen LogP contribution in [0.4, 0.5) is 0 Å². The average molecular weight is 320 g/mol. The van der Waals surface area contributed by atoms with Crippen LogP contribution in [0.1, 0.15) is 33.3 Å². The van der Waals surface area contributed by atoms with Crippen molar-refractivity contribution in [1.29, 1.82) is 0 Å². The lowest BCUT2D eigenvalue weighted by Crippen LogP contribution is -2.39. The Morgan fingerprint density at radius 3 is 2.25 bits per heavy atom. The number of hydrogen-bond acceptors (Lipinski definition) is 3. The Kier molecular flexibility index (Phi) is 6.01. The molecule has 114 valence electrons. The van der Waals surface area contributed by atoms with Crippen LogP contribution in [0.15, 0.2) is 23.1 Å². The Labute approximate surface area is 126 Å². The number of hydrogen-bond donors (Lipinski definition) is 1. The molecule has 0 aliphatic heterocycles. The van der Waals surface area contributed by atoms with E-state index in [-0.39, 0.29) is 28.5 Å². The Hall–Kier alpha value is -0.620. The normalized spacial score (nSPS) is 12.7. The Morgan fingerprint density at radius 2 is 1.85 bits per heavy atom. The van der Waals surface area contributed by atoms with Gasteiger partial charge in [0.1, 0.15) is 0 Å². The van der Waals surface area contributed by atoms with E-state index in [0.717, 1.165) is 0 Å². The first-order valence-electron chi connectivity index (χ1n) is 6.61. The van der Waals surface area contributed by atoms with Gasteiger partial charge in [0.2, 0.25) is 10.0 Å². The molecule has 0 aliphatic rings. The standard InChI is InChI=1S/C14H22ClNO3S/c1-10(2)8-16(11(3)4)20(18,19)13-6-5-12(9-17)14(15)7-13/h5-7,10-11,17H,8-9H2,1-4H3. The predicted octanol–water partition coefficient (Wildman–Crippen LogP) is 2.89. The lowest BCUT2D eigenvalue weighted by atomic mass is 10.2. The van der Waals surface area contributed by atoms with Crippen molar-refractivity contribution in [2.24, 2.45) is 5.92 Å². The van der Waals surface area contributed by atoms with Gasteiger partial charge in [0.15, 0.2) is 0 Å². The van der Waals surface area contributed by atoms with E-state index in [0.29, 0.717) is 12.1 Å². The monoisotopic (exact) mass is 319 g/mol. The molecular formula is C14H22ClNO3S. The summed E-state index contributed by atoms with van der Waals surface area (Å²) in [6, 6.07) is 4.31. The van der Waals surface area contributed by atoms with Crippen LogP contribution >= 0.6 is 11.6 Å². The van der Waals surface area contributed by atoms with E-state index in [1.807, 2.05) is 27.7 Å². The van der Waals surface area contributed by atoms with Crippen LogP contribution in [0.25, 0.3) is 0 Å². The van der Waals surface area contributed by atoms with Gasteiger partial charge in [-0.2, -0.15) is 4.31 Å². The molecule has 4 nitrogen and oxygen atoms in total. The van der Waals surface area contributed by atoms with Gasteiger partial charge in [-0.1, -0.05) is 31.5 Å². The summed E-state index contributed by atoms with van der Waals surface area (Å²) in [6.07, 6.45) is 0. The quantitative estimate of drug-likeness (QED) is 0.877. The molecule has 0 aliphatic carbocycles. The number of benzene rings is 1. The third-order valence-electron chi connectivity index (χ3n) is 2.92. The summed E-state index contributed by atoms with van der Waals surface area (Å²) >= 11 is 5.98. The van der Waals surface area contributed by atoms with Crippen LogP contribution in [0, 0.1) is 5.92 Å². The highest BCUT2D eigenvalue weighted by molar-refractivity contribution is 7.89. The zero-order valence-corrected chi connectivity index (χ0v) is 13.9. The van der Waals surface area contributed by atoms with Crippen LogP contribution in [-0.4, -0.2) is 30.4 Å². The fourth-order valence-corrected chi connectivity index (χ4v) is 4.03. The highest BCUT2D eigenvalue weighted by Gasteiger charge is 2.28. The molecule has 1 aromatic rings. The first-order valence-corrected chi connectivity index (χ1v) is 8.43. The van der Waals surface area contributed by atoms with Crippen molar-refractivity contribution in [3.05, 3.63) is 28.8 Å². The SMILES string of the molecule is CC(C)CN(C(C)C)S(=O)(=O)c1ccc(CO)c(Cl)c1. The lowest BCUT2D eigenvalue weighted by molar-refractivity contribution is 0.282. The van der Waals surface area contributed by atoms with Gasteiger partial charge >= 0.3 is 0 Å². The molecule has 0 amide bonds. The average Bonchev–Trinajstić information content (AvgIpc) is 2.35. The Balaban J connectivity index is 3.23. The smallest absolute Gasteiger partial charge is 0.243 e. The molecule has 0 saturated carbocycles. The van der Waals surface area contributed by atoms with E-state index in [4.69, 9.17) is 16.7 Å². The number of aliphatic hydroxyl groups is 1. The molecule has 0 spiro atoms. The summed E-state index contributed by atoms with van der Waals surface area (Å²) in [7, 11) is -3.58. The van der Waals surface area contributed by atoms with E-state index in [1.165, 1.54) is 16.4 Å². The minimum atomic E-state index is -3.58. The second-order valence-electron chi connectivity index (χ2n) is 5.47. The van der Waals surface area contributed by atoms with Crippen LogP contribution < -0.4 is 0 Å². The summed E-state index contributed by atoms with van der Waals surface area (Å²) < 4.78 is 26.8. The van der Waals surface area contributed by atoms with Gasteiger partial charge < -0.3 is 5.11 Å². The number of sulfonamides is 1. The minimum Gasteiger partial charge on any atom is -0.392 e. The van der Waals surface area contributed by atoms with Crippen LogP contribution in [0.5, 0.6) is 0 Å². The van der Waals surface area contributed by atoms with Gasteiger partial charge in [-0.3, -0.25) is 0 Å². The summed E-state index contributed by atoms with van der Waals surface area (Å²) in [5, 5.41) is 9.35. The van der Waals surface area contributed by atoms with Crippen molar-refractivity contribution in [3.8, 4) is 0 Å². The van der Waals surface area contributed by atoms with Crippen molar-refractivity contribution < 1.29 is 13.5 Å². The summed E-state index contributed by atoms with van der Waals surface area (Å²) in [6.45, 7) is 7.91. The highest BCUT2D eigenvalue weighted by atomic mass is 35.5. The molecule has 0 atom stereocenters. The first kappa shape index (κ1) is 17.4. The van der Waals surface area contributed by atoms with Gasteiger partial charge in [0, 0.05) is 17.6 Å². The first-order chi connectivity index (χ1) is 9.20. The molecule has 0 bridgehead atoms. The third-order valence-corrected chi connectivity index (χ3v) is 5.31. The van der Waals surface area contributed by atoms with Crippen LogP contribution in [-0.2, 0) is 16.6 Å². The van der Waals surface area contributed by atoms with Gasteiger partial charge in [0.05, 0.1) is 11.5 Å². The van der Waals surface area contributed by atoms with Gasteiger partial charge in [0.25, 0.3) is 0 Å². The Morgan fingerprint density at radius 1 is 1.25 bits per heavy atom. The van der Waals surface area contributed by atoms with E-state index < -0.39 is 10.0 Å². The van der Waals surface area contributed by atoms with Crippen molar-refractivity contribution in [3.63, 3.8) is 0 Å². The van der Waals surface area contributed by atoms with E-state index in [1.54, 1.807) is 6.07 Å². The van der Waals surface area contributed by atoms with Gasteiger partial charge in [-0.05, 0) is 37.5 Å². The van der Waals surface area contributed by atoms with Crippen LogP contribution in [0.2, 0.25) is 5.02 Å². The number of rotatable bonds is 6. The predicted molar refractivity (Wildman–Crippen MR) is 81.2 cm³/mol. The van der Waals surface area contributed by atoms with Crippen molar-refractivity contribution in [2.75, 3.05) is 6.54 Å². The summed E-state index contributed by atoms with van der Waals surface area (Å²) in [5.74, 6) is 0.236. The van der Waals surface area contributed by atoms with E-state index >= 15 is 0 Å². The Bertz CT molecular complexity index is 556. The maximum Gasteiger partial charge on any atom is 0.243 e. The van der Waals surface area contributed by atoms with Gasteiger partial charge in [-0.15, -0.1) is 0 Å². The molecular weight excluding hydrogens is 298 g/mol. The molecule has 0 saturated heterocycles. The number of nitrogens with zero attached hydrogens (tertiary/aromatic N) is 1. The fraction of sp³-hybridized carbons (Fsp3) is 0.571. The lowest BCUT2D eigenvalue weighted by Gasteiger charge is -2.27. The van der Waals surface area contributed by atoms with Gasteiger partial charge in [-0.25, -0.2) is 8.42 Å². The molecule has 0 heterocycles. The third kappa shape index (κ3) is 3.95. The molecule has 0 aromatic heterocycles. The zero-order valence-electron chi connectivity index (χ0n) is 12.3. The molecule has 0 unspecified atom stereocenters. The number of halogens is 1. The molecule has 0 fully saturated rings. The number of aliphatic hydroxyl groups excluding tert-OH is 1. The molecule has 0 radical (unpaired) electrons. The largest absolute Gasteiger partial charge is 0.392 e. The summed E-state index contributed by atoms with van der Waals surface area (Å²) in [5.41, 5.74) is 0.519. The minimum absolute atomic E-state index is 0.126. The maximum absolute atomic E-state index is 12.7. The highest BCUT2D eigenvalue weighted by Crippen LogP contribution is 2.25.